The lowest BCUT2D eigenvalue weighted by atomic mass is 10.2. The van der Waals surface area contributed by atoms with Crippen LogP contribution in [0.15, 0.2) is 58.7 Å². The summed E-state index contributed by atoms with van der Waals surface area (Å²) in [7, 11) is -3.94. The maximum atomic E-state index is 14.2. The van der Waals surface area contributed by atoms with Crippen LogP contribution in [0.2, 0.25) is 0 Å². The first-order valence-corrected chi connectivity index (χ1v) is 10.0. The highest BCUT2D eigenvalue weighted by atomic mass is 32.2. The normalized spacial score (nSPS) is 11.3. The summed E-state index contributed by atoms with van der Waals surface area (Å²) >= 11 is 1.09. The van der Waals surface area contributed by atoms with Gasteiger partial charge in [0.05, 0.1) is 14.7 Å². The van der Waals surface area contributed by atoms with Crippen LogP contribution in [-0.2, 0) is 16.3 Å². The summed E-state index contributed by atoms with van der Waals surface area (Å²) in [6, 6.07) is 7.33. The molecule has 140 valence electrons. The van der Waals surface area contributed by atoms with Gasteiger partial charge in [-0.3, -0.25) is 4.98 Å². The van der Waals surface area contributed by atoms with Crippen LogP contribution in [0.5, 0.6) is 0 Å². The molecule has 0 aliphatic carbocycles. The van der Waals surface area contributed by atoms with Gasteiger partial charge in [-0.15, -0.1) is 11.3 Å². The van der Waals surface area contributed by atoms with Gasteiger partial charge in [-0.1, -0.05) is 0 Å². The Balaban J connectivity index is 2.10. The molecule has 0 bridgehead atoms. The second kappa shape index (κ2) is 7.80. The standard InChI is InChI=1S/C17H14FN3O4S2/c18-16-13(4-2-7-20-16)15-14(9-11(26-15)5-8-21-17(22)23)27(24,25)12-3-1-6-19-10-12/h1-4,6-7,9-10,21H,5,8H2,(H,22,23). The molecule has 3 aromatic heterocycles. The van der Waals surface area contributed by atoms with Crippen LogP contribution in [0.4, 0.5) is 9.18 Å². The molecular weight excluding hydrogens is 393 g/mol. The maximum absolute atomic E-state index is 14.2. The number of hydrogen-bond acceptors (Lipinski definition) is 6. The number of aromatic nitrogens is 2. The highest BCUT2D eigenvalue weighted by Crippen LogP contribution is 2.39. The number of carboxylic acid groups (broad SMARTS) is 1. The second-order valence-electron chi connectivity index (χ2n) is 5.42. The monoisotopic (exact) mass is 407 g/mol. The average Bonchev–Trinajstić information content (AvgIpc) is 3.07. The third-order valence-electron chi connectivity index (χ3n) is 3.63. The van der Waals surface area contributed by atoms with E-state index in [4.69, 9.17) is 5.11 Å². The molecule has 0 aliphatic rings. The summed E-state index contributed by atoms with van der Waals surface area (Å²) in [5.74, 6) is -0.780. The van der Waals surface area contributed by atoms with Crippen molar-refractivity contribution >= 4 is 27.3 Å². The molecule has 0 aromatic carbocycles. The van der Waals surface area contributed by atoms with Crippen LogP contribution in [0.1, 0.15) is 4.88 Å². The van der Waals surface area contributed by atoms with Crippen LogP contribution in [0.3, 0.4) is 0 Å². The van der Waals surface area contributed by atoms with Crippen molar-refractivity contribution in [3.05, 3.63) is 59.7 Å². The van der Waals surface area contributed by atoms with E-state index in [0.29, 0.717) is 4.88 Å². The molecule has 0 unspecified atom stereocenters. The van der Waals surface area contributed by atoms with E-state index in [1.165, 1.54) is 48.9 Å². The molecule has 0 spiro atoms. The lowest BCUT2D eigenvalue weighted by Crippen LogP contribution is -2.22. The summed E-state index contributed by atoms with van der Waals surface area (Å²) in [6.07, 6.45) is 3.06. The first-order chi connectivity index (χ1) is 12.9. The molecule has 2 N–H and O–H groups in total. The van der Waals surface area contributed by atoms with Gasteiger partial charge in [-0.25, -0.2) is 18.2 Å². The van der Waals surface area contributed by atoms with E-state index in [-0.39, 0.29) is 33.2 Å². The predicted octanol–water partition coefficient (Wildman–Crippen LogP) is 2.99. The van der Waals surface area contributed by atoms with Crippen molar-refractivity contribution in [2.75, 3.05) is 6.54 Å². The van der Waals surface area contributed by atoms with E-state index >= 15 is 0 Å². The quantitative estimate of drug-likeness (QED) is 0.608. The molecular formula is C17H14FN3O4S2. The maximum Gasteiger partial charge on any atom is 0.404 e. The number of nitrogens with one attached hydrogen (secondary N) is 1. The minimum Gasteiger partial charge on any atom is -0.465 e. The van der Waals surface area contributed by atoms with Gasteiger partial charge in [-0.2, -0.15) is 4.39 Å². The van der Waals surface area contributed by atoms with Gasteiger partial charge in [-0.05, 0) is 36.8 Å². The van der Waals surface area contributed by atoms with Gasteiger partial charge in [0, 0.05) is 35.6 Å². The van der Waals surface area contributed by atoms with Crippen molar-refractivity contribution in [3.63, 3.8) is 0 Å². The van der Waals surface area contributed by atoms with E-state index in [1.807, 2.05) is 0 Å². The van der Waals surface area contributed by atoms with E-state index < -0.39 is 21.9 Å². The zero-order valence-electron chi connectivity index (χ0n) is 13.8. The van der Waals surface area contributed by atoms with Gasteiger partial charge < -0.3 is 10.4 Å². The average molecular weight is 407 g/mol. The largest absolute Gasteiger partial charge is 0.465 e. The Bertz CT molecular complexity index is 1070. The molecule has 27 heavy (non-hydrogen) atoms. The fraction of sp³-hybridized carbons (Fsp3) is 0.118. The zero-order chi connectivity index (χ0) is 19.4. The molecule has 3 heterocycles. The van der Waals surface area contributed by atoms with Gasteiger partial charge in [0.25, 0.3) is 0 Å². The number of carbonyl (C=O) groups is 1. The Hall–Kier alpha value is -2.85. The van der Waals surface area contributed by atoms with Crippen molar-refractivity contribution in [3.8, 4) is 10.4 Å². The topological polar surface area (TPSA) is 109 Å². The van der Waals surface area contributed by atoms with E-state index in [2.05, 4.69) is 15.3 Å². The SMILES string of the molecule is O=C(O)NCCc1cc(S(=O)(=O)c2cccnc2)c(-c2cccnc2F)s1. The van der Waals surface area contributed by atoms with Gasteiger partial charge >= 0.3 is 6.09 Å². The highest BCUT2D eigenvalue weighted by molar-refractivity contribution is 7.91. The Morgan fingerprint density at radius 3 is 2.70 bits per heavy atom. The van der Waals surface area contributed by atoms with Crippen molar-refractivity contribution in [2.24, 2.45) is 0 Å². The molecule has 3 aromatic rings. The van der Waals surface area contributed by atoms with Crippen molar-refractivity contribution < 1.29 is 22.7 Å². The predicted molar refractivity (Wildman–Crippen MR) is 96.9 cm³/mol. The fourth-order valence-electron chi connectivity index (χ4n) is 2.41. The van der Waals surface area contributed by atoms with Gasteiger partial charge in [0.15, 0.2) is 0 Å². The van der Waals surface area contributed by atoms with Crippen LogP contribution in [-0.4, -0.2) is 36.1 Å². The molecule has 0 saturated heterocycles. The van der Waals surface area contributed by atoms with Crippen LogP contribution >= 0.6 is 11.3 Å². The smallest absolute Gasteiger partial charge is 0.404 e. The first-order valence-electron chi connectivity index (χ1n) is 7.75. The first kappa shape index (κ1) is 18.9. The number of amides is 1. The molecule has 7 nitrogen and oxygen atoms in total. The molecule has 0 fully saturated rings. The molecule has 0 radical (unpaired) electrons. The van der Waals surface area contributed by atoms with Crippen molar-refractivity contribution in [1.82, 2.24) is 15.3 Å². The molecule has 1 amide bonds. The molecule has 0 atom stereocenters. The second-order valence-corrected chi connectivity index (χ2v) is 8.48. The molecule has 10 heteroatoms. The lowest BCUT2D eigenvalue weighted by Gasteiger charge is -2.06. The summed E-state index contributed by atoms with van der Waals surface area (Å²) in [4.78, 5) is 18.8. The van der Waals surface area contributed by atoms with Crippen LogP contribution < -0.4 is 5.32 Å². The third kappa shape index (κ3) is 4.12. The lowest BCUT2D eigenvalue weighted by molar-refractivity contribution is 0.194. The fourth-order valence-corrected chi connectivity index (χ4v) is 5.37. The van der Waals surface area contributed by atoms with Gasteiger partial charge in [0.2, 0.25) is 15.8 Å². The van der Waals surface area contributed by atoms with E-state index in [0.717, 1.165) is 11.3 Å². The van der Waals surface area contributed by atoms with E-state index in [1.54, 1.807) is 0 Å². The minimum absolute atomic E-state index is 0.0106. The van der Waals surface area contributed by atoms with Gasteiger partial charge in [0.1, 0.15) is 0 Å². The Kier molecular flexibility index (Phi) is 5.47. The van der Waals surface area contributed by atoms with E-state index in [9.17, 15) is 17.6 Å². The van der Waals surface area contributed by atoms with Crippen LogP contribution in [0.25, 0.3) is 10.4 Å². The highest BCUT2D eigenvalue weighted by Gasteiger charge is 2.26. The van der Waals surface area contributed by atoms with Crippen molar-refractivity contribution in [2.45, 2.75) is 16.2 Å². The van der Waals surface area contributed by atoms with Crippen LogP contribution in [0, 0.1) is 5.95 Å². The number of hydrogen-bond donors (Lipinski definition) is 2. The molecule has 0 saturated carbocycles. The van der Waals surface area contributed by atoms with Crippen molar-refractivity contribution in [1.29, 1.82) is 0 Å². The zero-order valence-corrected chi connectivity index (χ0v) is 15.4. The molecule has 3 rings (SSSR count). The summed E-state index contributed by atoms with van der Waals surface area (Å²) in [6.45, 7) is 0.108. The Labute approximate surface area is 158 Å². The number of thiophene rings is 1. The third-order valence-corrected chi connectivity index (χ3v) is 6.76. The Morgan fingerprint density at radius 2 is 2.04 bits per heavy atom. The number of sulfone groups is 1. The minimum atomic E-state index is -3.94. The summed E-state index contributed by atoms with van der Waals surface area (Å²) in [5.41, 5.74) is 0.0717. The molecule has 0 aliphatic heterocycles. The summed E-state index contributed by atoms with van der Waals surface area (Å²) in [5, 5.41) is 10.9. The number of halogens is 1. The Morgan fingerprint density at radius 1 is 1.26 bits per heavy atom. The number of nitrogens with zero attached hydrogens (tertiary/aromatic N) is 2. The summed E-state index contributed by atoms with van der Waals surface area (Å²) < 4.78 is 40.3. The number of rotatable bonds is 6. The number of pyridine rings is 2.